The number of carbonyl (C=O) groups excluding carboxylic acids is 1. The van der Waals surface area contributed by atoms with Crippen LogP contribution in [0, 0.1) is 0 Å². The van der Waals surface area contributed by atoms with E-state index < -0.39 is 6.16 Å². The SMILES string of the molecule is COC(=O)OC(C)CCCl. The number of ether oxygens (including phenoxy) is 2. The number of halogens is 1. The van der Waals surface area contributed by atoms with Crippen LogP contribution in [-0.4, -0.2) is 25.2 Å². The minimum Gasteiger partial charge on any atom is -0.438 e. The Morgan fingerprint density at radius 3 is 2.70 bits per heavy atom. The van der Waals surface area contributed by atoms with Gasteiger partial charge in [0.15, 0.2) is 0 Å². The van der Waals surface area contributed by atoms with Gasteiger partial charge in [0.05, 0.1) is 7.11 Å². The first kappa shape index (κ1) is 9.56. The lowest BCUT2D eigenvalue weighted by Gasteiger charge is -2.08. The van der Waals surface area contributed by atoms with Crippen LogP contribution < -0.4 is 0 Å². The molecule has 0 aliphatic heterocycles. The highest BCUT2D eigenvalue weighted by Gasteiger charge is 2.07. The summed E-state index contributed by atoms with van der Waals surface area (Å²) in [6.07, 6.45) is -0.168. The van der Waals surface area contributed by atoms with Crippen molar-refractivity contribution in [1.29, 1.82) is 0 Å². The second kappa shape index (κ2) is 5.35. The Labute approximate surface area is 65.3 Å². The summed E-state index contributed by atoms with van der Waals surface area (Å²) in [5.74, 6) is 0.484. The highest BCUT2D eigenvalue weighted by molar-refractivity contribution is 6.17. The van der Waals surface area contributed by atoms with Crippen molar-refractivity contribution >= 4 is 17.8 Å². The van der Waals surface area contributed by atoms with Gasteiger partial charge in [-0.15, -0.1) is 11.6 Å². The fraction of sp³-hybridized carbons (Fsp3) is 0.833. The Morgan fingerprint density at radius 2 is 2.30 bits per heavy atom. The van der Waals surface area contributed by atoms with E-state index in [4.69, 9.17) is 16.3 Å². The monoisotopic (exact) mass is 166 g/mol. The van der Waals surface area contributed by atoms with Crippen molar-refractivity contribution in [2.45, 2.75) is 19.4 Å². The van der Waals surface area contributed by atoms with Crippen molar-refractivity contribution in [3.05, 3.63) is 0 Å². The van der Waals surface area contributed by atoms with Crippen LogP contribution in [0.1, 0.15) is 13.3 Å². The van der Waals surface area contributed by atoms with Crippen LogP contribution in [0.3, 0.4) is 0 Å². The van der Waals surface area contributed by atoms with Crippen LogP contribution in [0.2, 0.25) is 0 Å². The summed E-state index contributed by atoms with van der Waals surface area (Å²) >= 11 is 5.39. The molecular formula is C6H11ClO3. The Bertz CT molecular complexity index is 105. The maximum atomic E-state index is 10.4. The largest absolute Gasteiger partial charge is 0.508 e. The van der Waals surface area contributed by atoms with E-state index in [1.165, 1.54) is 7.11 Å². The van der Waals surface area contributed by atoms with Crippen LogP contribution >= 0.6 is 11.6 Å². The third-order valence-electron chi connectivity index (χ3n) is 0.980. The first-order valence-electron chi connectivity index (χ1n) is 3.01. The van der Waals surface area contributed by atoms with E-state index in [2.05, 4.69) is 4.74 Å². The molecule has 60 valence electrons. The summed E-state index contributed by atoms with van der Waals surface area (Å²) in [5, 5.41) is 0. The molecule has 1 unspecified atom stereocenters. The zero-order valence-electron chi connectivity index (χ0n) is 6.09. The standard InChI is InChI=1S/C6H11ClO3/c1-5(3-4-7)10-6(8)9-2/h5H,3-4H2,1-2H3. The quantitative estimate of drug-likeness (QED) is 0.474. The van der Waals surface area contributed by atoms with E-state index in [-0.39, 0.29) is 6.10 Å². The molecule has 0 bridgehead atoms. The summed E-state index contributed by atoms with van der Waals surface area (Å²) in [6, 6.07) is 0. The smallest absolute Gasteiger partial charge is 0.438 e. The number of rotatable bonds is 3. The normalized spacial score (nSPS) is 12.3. The molecular weight excluding hydrogens is 156 g/mol. The van der Waals surface area contributed by atoms with Crippen LogP contribution in [0.25, 0.3) is 0 Å². The first-order valence-corrected chi connectivity index (χ1v) is 3.54. The van der Waals surface area contributed by atoms with E-state index in [1.807, 2.05) is 0 Å². The first-order chi connectivity index (χ1) is 4.70. The molecule has 3 nitrogen and oxygen atoms in total. The van der Waals surface area contributed by atoms with Crippen molar-refractivity contribution < 1.29 is 14.3 Å². The molecule has 0 radical (unpaired) electrons. The zero-order valence-corrected chi connectivity index (χ0v) is 6.85. The molecule has 0 aliphatic rings. The van der Waals surface area contributed by atoms with Gasteiger partial charge >= 0.3 is 6.16 Å². The summed E-state index contributed by atoms with van der Waals surface area (Å²) in [4.78, 5) is 10.4. The lowest BCUT2D eigenvalue weighted by atomic mass is 10.3. The van der Waals surface area contributed by atoms with Crippen molar-refractivity contribution in [3.8, 4) is 0 Å². The predicted octanol–water partition coefficient (Wildman–Crippen LogP) is 1.79. The van der Waals surface area contributed by atoms with Gasteiger partial charge in [-0.3, -0.25) is 0 Å². The Kier molecular flexibility index (Phi) is 5.12. The van der Waals surface area contributed by atoms with E-state index in [1.54, 1.807) is 6.92 Å². The van der Waals surface area contributed by atoms with Gasteiger partial charge in [0, 0.05) is 5.88 Å². The van der Waals surface area contributed by atoms with E-state index >= 15 is 0 Å². The van der Waals surface area contributed by atoms with Gasteiger partial charge in [-0.05, 0) is 13.3 Å². The molecule has 0 N–H and O–H groups in total. The lowest BCUT2D eigenvalue weighted by Crippen LogP contribution is -2.14. The number of methoxy groups -OCH3 is 1. The van der Waals surface area contributed by atoms with Crippen molar-refractivity contribution in [3.63, 3.8) is 0 Å². The lowest BCUT2D eigenvalue weighted by molar-refractivity contribution is 0.0426. The maximum Gasteiger partial charge on any atom is 0.508 e. The van der Waals surface area contributed by atoms with Gasteiger partial charge in [-0.25, -0.2) is 4.79 Å². The molecule has 4 heteroatoms. The van der Waals surface area contributed by atoms with Gasteiger partial charge in [0.2, 0.25) is 0 Å². The fourth-order valence-corrected chi connectivity index (χ4v) is 0.732. The molecule has 0 aromatic heterocycles. The van der Waals surface area contributed by atoms with E-state index in [0.717, 1.165) is 0 Å². The topological polar surface area (TPSA) is 35.5 Å². The average molecular weight is 167 g/mol. The Balaban J connectivity index is 3.37. The van der Waals surface area contributed by atoms with E-state index in [9.17, 15) is 4.79 Å². The predicted molar refractivity (Wildman–Crippen MR) is 38.3 cm³/mol. The molecule has 0 aromatic rings. The molecule has 0 aliphatic carbocycles. The Morgan fingerprint density at radius 1 is 1.70 bits per heavy atom. The number of hydrogen-bond acceptors (Lipinski definition) is 3. The molecule has 0 fully saturated rings. The van der Waals surface area contributed by atoms with Gasteiger partial charge in [-0.1, -0.05) is 0 Å². The van der Waals surface area contributed by atoms with Crippen molar-refractivity contribution in [2.24, 2.45) is 0 Å². The van der Waals surface area contributed by atoms with Crippen LogP contribution in [-0.2, 0) is 9.47 Å². The molecule has 0 saturated heterocycles. The molecule has 0 aromatic carbocycles. The Hall–Kier alpha value is -0.440. The fourth-order valence-electron chi connectivity index (χ4n) is 0.425. The molecule has 0 saturated carbocycles. The molecule has 10 heavy (non-hydrogen) atoms. The summed E-state index contributed by atoms with van der Waals surface area (Å²) in [6.45, 7) is 1.76. The number of alkyl halides is 1. The second-order valence-electron chi connectivity index (χ2n) is 1.86. The van der Waals surface area contributed by atoms with Crippen molar-refractivity contribution in [1.82, 2.24) is 0 Å². The summed E-state index contributed by atoms with van der Waals surface area (Å²) in [5.41, 5.74) is 0. The molecule has 0 amide bonds. The maximum absolute atomic E-state index is 10.4. The van der Waals surface area contributed by atoms with Crippen LogP contribution in [0.4, 0.5) is 4.79 Å². The van der Waals surface area contributed by atoms with Crippen LogP contribution in [0.15, 0.2) is 0 Å². The number of carbonyl (C=O) groups is 1. The second-order valence-corrected chi connectivity index (χ2v) is 2.24. The average Bonchev–Trinajstić information content (AvgIpc) is 1.88. The summed E-state index contributed by atoms with van der Waals surface area (Å²) in [7, 11) is 1.27. The molecule has 0 spiro atoms. The number of hydrogen-bond donors (Lipinski definition) is 0. The highest BCUT2D eigenvalue weighted by Crippen LogP contribution is 1.99. The molecule has 0 rings (SSSR count). The highest BCUT2D eigenvalue weighted by atomic mass is 35.5. The van der Waals surface area contributed by atoms with Crippen LogP contribution in [0.5, 0.6) is 0 Å². The third-order valence-corrected chi connectivity index (χ3v) is 1.20. The molecule has 0 heterocycles. The molecule has 1 atom stereocenters. The van der Waals surface area contributed by atoms with E-state index in [0.29, 0.717) is 12.3 Å². The minimum atomic E-state index is -0.655. The third kappa shape index (κ3) is 4.44. The van der Waals surface area contributed by atoms with Gasteiger partial charge in [0.25, 0.3) is 0 Å². The van der Waals surface area contributed by atoms with Gasteiger partial charge in [0.1, 0.15) is 6.10 Å². The van der Waals surface area contributed by atoms with Crippen molar-refractivity contribution in [2.75, 3.05) is 13.0 Å². The van der Waals surface area contributed by atoms with Gasteiger partial charge < -0.3 is 9.47 Å². The summed E-state index contributed by atoms with van der Waals surface area (Å²) < 4.78 is 8.96. The minimum absolute atomic E-state index is 0.162. The van der Waals surface area contributed by atoms with Gasteiger partial charge in [-0.2, -0.15) is 0 Å². The zero-order chi connectivity index (χ0) is 7.98.